The number of amides is 2. The highest BCUT2D eigenvalue weighted by Gasteiger charge is 2.20. The molecule has 2 amide bonds. The van der Waals surface area contributed by atoms with Crippen LogP contribution in [0.3, 0.4) is 0 Å². The number of anilines is 1. The largest absolute Gasteiger partial charge is 0.333 e. The maximum atomic E-state index is 13.1. The molecule has 180 valence electrons. The first-order chi connectivity index (χ1) is 17.0. The van der Waals surface area contributed by atoms with E-state index in [-0.39, 0.29) is 18.4 Å². The number of hydrogen-bond acceptors (Lipinski definition) is 4. The number of unbranched alkanes of at least 4 members (excludes halogenated alkanes) is 1. The van der Waals surface area contributed by atoms with Crippen molar-refractivity contribution in [2.24, 2.45) is 0 Å². The molecule has 0 bridgehead atoms. The van der Waals surface area contributed by atoms with Gasteiger partial charge >= 0.3 is 0 Å². The molecule has 6 nitrogen and oxygen atoms in total. The number of carbonyl (C=O) groups excluding carboxylic acids is 2. The molecule has 0 aliphatic carbocycles. The van der Waals surface area contributed by atoms with Crippen LogP contribution in [0.5, 0.6) is 0 Å². The highest BCUT2D eigenvalue weighted by molar-refractivity contribution is 7.10. The first kappa shape index (κ1) is 24.4. The van der Waals surface area contributed by atoms with Crippen molar-refractivity contribution in [3.63, 3.8) is 0 Å². The highest BCUT2D eigenvalue weighted by Crippen LogP contribution is 2.25. The minimum Gasteiger partial charge on any atom is -0.333 e. The van der Waals surface area contributed by atoms with Crippen LogP contribution in [0.15, 0.2) is 78.2 Å². The van der Waals surface area contributed by atoms with E-state index in [9.17, 15) is 9.59 Å². The van der Waals surface area contributed by atoms with E-state index in [1.54, 1.807) is 20.9 Å². The number of carbonyl (C=O) groups is 2. The van der Waals surface area contributed by atoms with Gasteiger partial charge in [-0.25, -0.2) is 4.68 Å². The van der Waals surface area contributed by atoms with Gasteiger partial charge in [-0.1, -0.05) is 67.4 Å². The van der Waals surface area contributed by atoms with E-state index in [1.807, 2.05) is 85.1 Å². The van der Waals surface area contributed by atoms with Crippen LogP contribution in [0.1, 0.15) is 30.2 Å². The number of aryl methyl sites for hydroxylation is 1. The third-order valence-electron chi connectivity index (χ3n) is 5.70. The lowest BCUT2D eigenvalue weighted by molar-refractivity contribution is -0.134. The topological polar surface area (TPSA) is 67.2 Å². The standard InChI is InChI=1S/C28H30N4O2S/c1-3-4-16-31(28(34)18-24-11-8-17-35-24)20-27(33)29-26-19-25(22-9-6-5-7-10-22)30-32(26)23-14-12-21(2)13-15-23/h5-15,17,19H,3-4,16,18,20H2,1-2H3,(H,29,33). The summed E-state index contributed by atoms with van der Waals surface area (Å²) in [7, 11) is 0. The lowest BCUT2D eigenvalue weighted by Gasteiger charge is -2.22. The molecule has 0 fully saturated rings. The molecule has 0 aliphatic rings. The van der Waals surface area contributed by atoms with Gasteiger partial charge in [0.05, 0.1) is 24.3 Å². The molecule has 0 radical (unpaired) electrons. The fourth-order valence-electron chi connectivity index (χ4n) is 3.77. The van der Waals surface area contributed by atoms with Gasteiger partial charge in [0.25, 0.3) is 0 Å². The van der Waals surface area contributed by atoms with Crippen molar-refractivity contribution >= 4 is 29.0 Å². The lowest BCUT2D eigenvalue weighted by Crippen LogP contribution is -2.39. The van der Waals surface area contributed by atoms with Crippen LogP contribution in [0, 0.1) is 6.92 Å². The zero-order valence-electron chi connectivity index (χ0n) is 20.1. The van der Waals surface area contributed by atoms with E-state index in [4.69, 9.17) is 5.10 Å². The van der Waals surface area contributed by atoms with Crippen LogP contribution < -0.4 is 5.32 Å². The Balaban J connectivity index is 1.56. The average molecular weight is 487 g/mol. The van der Waals surface area contributed by atoms with Crippen LogP contribution in [0.25, 0.3) is 16.9 Å². The SMILES string of the molecule is CCCCN(CC(=O)Nc1cc(-c2ccccc2)nn1-c1ccc(C)cc1)C(=O)Cc1cccs1. The molecule has 0 saturated carbocycles. The number of benzene rings is 2. The Morgan fingerprint density at radius 2 is 1.80 bits per heavy atom. The molecule has 0 unspecified atom stereocenters. The van der Waals surface area contributed by atoms with E-state index in [0.29, 0.717) is 18.8 Å². The molecule has 4 aromatic rings. The van der Waals surface area contributed by atoms with Crippen molar-refractivity contribution in [3.8, 4) is 16.9 Å². The first-order valence-electron chi connectivity index (χ1n) is 11.9. The van der Waals surface area contributed by atoms with Crippen LogP contribution >= 0.6 is 11.3 Å². The Morgan fingerprint density at radius 3 is 2.49 bits per heavy atom. The summed E-state index contributed by atoms with van der Waals surface area (Å²) in [4.78, 5) is 28.7. The minimum absolute atomic E-state index is 0.00393. The second-order valence-corrected chi connectivity index (χ2v) is 9.53. The lowest BCUT2D eigenvalue weighted by atomic mass is 10.1. The molecule has 35 heavy (non-hydrogen) atoms. The molecule has 1 N–H and O–H groups in total. The zero-order chi connectivity index (χ0) is 24.6. The van der Waals surface area contributed by atoms with E-state index in [0.717, 1.165) is 40.2 Å². The third-order valence-corrected chi connectivity index (χ3v) is 6.58. The predicted octanol–water partition coefficient (Wildman–Crippen LogP) is 5.72. The van der Waals surface area contributed by atoms with Gasteiger partial charge < -0.3 is 10.2 Å². The Morgan fingerprint density at radius 1 is 1.03 bits per heavy atom. The Bertz CT molecular complexity index is 1250. The fraction of sp³-hybridized carbons (Fsp3) is 0.250. The number of thiophene rings is 1. The number of nitrogens with one attached hydrogen (secondary N) is 1. The van der Waals surface area contributed by atoms with E-state index in [2.05, 4.69) is 12.2 Å². The van der Waals surface area contributed by atoms with Gasteiger partial charge in [-0.3, -0.25) is 9.59 Å². The molecule has 2 aromatic carbocycles. The molecule has 0 aliphatic heterocycles. The van der Waals surface area contributed by atoms with Gasteiger partial charge in [-0.2, -0.15) is 5.10 Å². The maximum Gasteiger partial charge on any atom is 0.245 e. The number of aromatic nitrogens is 2. The number of hydrogen-bond donors (Lipinski definition) is 1. The first-order valence-corrected chi connectivity index (χ1v) is 12.7. The second kappa shape index (κ2) is 11.6. The van der Waals surface area contributed by atoms with E-state index >= 15 is 0 Å². The van der Waals surface area contributed by atoms with Crippen molar-refractivity contribution < 1.29 is 9.59 Å². The molecule has 2 aromatic heterocycles. The van der Waals surface area contributed by atoms with Gasteiger partial charge in [0.15, 0.2) is 0 Å². The van der Waals surface area contributed by atoms with Crippen LogP contribution in [0.4, 0.5) is 5.82 Å². The molecule has 7 heteroatoms. The smallest absolute Gasteiger partial charge is 0.245 e. The van der Waals surface area contributed by atoms with E-state index in [1.165, 1.54) is 0 Å². The monoisotopic (exact) mass is 486 g/mol. The summed E-state index contributed by atoms with van der Waals surface area (Å²) < 4.78 is 1.74. The summed E-state index contributed by atoms with van der Waals surface area (Å²) in [5.41, 5.74) is 3.72. The van der Waals surface area contributed by atoms with Gasteiger partial charge in [0.2, 0.25) is 11.8 Å². The van der Waals surface area contributed by atoms with Crippen molar-refractivity contribution in [3.05, 3.63) is 88.6 Å². The van der Waals surface area contributed by atoms with Crippen molar-refractivity contribution in [2.75, 3.05) is 18.4 Å². The molecule has 0 spiro atoms. The molecule has 0 atom stereocenters. The summed E-state index contributed by atoms with van der Waals surface area (Å²) >= 11 is 1.56. The number of rotatable bonds is 10. The quantitative estimate of drug-likeness (QED) is 0.312. The fourth-order valence-corrected chi connectivity index (χ4v) is 4.47. The normalized spacial score (nSPS) is 10.8. The van der Waals surface area contributed by atoms with Crippen molar-refractivity contribution in [1.82, 2.24) is 14.7 Å². The van der Waals surface area contributed by atoms with Crippen LogP contribution in [-0.2, 0) is 16.0 Å². The molecular weight excluding hydrogens is 456 g/mol. The highest BCUT2D eigenvalue weighted by atomic mass is 32.1. The van der Waals surface area contributed by atoms with Crippen LogP contribution in [-0.4, -0.2) is 39.6 Å². The Labute approximate surface area is 210 Å². The third kappa shape index (κ3) is 6.45. The van der Waals surface area contributed by atoms with Gasteiger partial charge in [0.1, 0.15) is 5.82 Å². The van der Waals surface area contributed by atoms with Crippen LogP contribution in [0.2, 0.25) is 0 Å². The van der Waals surface area contributed by atoms with E-state index < -0.39 is 0 Å². The zero-order valence-corrected chi connectivity index (χ0v) is 20.9. The Kier molecular flexibility index (Phi) is 8.11. The van der Waals surface area contributed by atoms with Gasteiger partial charge in [-0.15, -0.1) is 11.3 Å². The molecule has 4 rings (SSSR count). The minimum atomic E-state index is -0.242. The summed E-state index contributed by atoms with van der Waals surface area (Å²) in [6.45, 7) is 4.67. The van der Waals surface area contributed by atoms with Gasteiger partial charge in [-0.05, 0) is 36.9 Å². The molecule has 0 saturated heterocycles. The Hall–Kier alpha value is -3.71. The summed E-state index contributed by atoms with van der Waals surface area (Å²) in [5.74, 6) is 0.292. The molecule has 2 heterocycles. The number of nitrogens with zero attached hydrogens (tertiary/aromatic N) is 3. The average Bonchev–Trinajstić information content (AvgIpc) is 3.53. The van der Waals surface area contributed by atoms with Crippen molar-refractivity contribution in [1.29, 1.82) is 0 Å². The predicted molar refractivity (Wildman–Crippen MR) is 142 cm³/mol. The maximum absolute atomic E-state index is 13.1. The second-order valence-electron chi connectivity index (χ2n) is 8.50. The molecular formula is C28H30N4O2S. The van der Waals surface area contributed by atoms with Crippen molar-refractivity contribution in [2.45, 2.75) is 33.1 Å². The summed E-state index contributed by atoms with van der Waals surface area (Å²) in [5, 5.41) is 9.74. The summed E-state index contributed by atoms with van der Waals surface area (Å²) in [6, 6.07) is 23.6. The van der Waals surface area contributed by atoms with Gasteiger partial charge in [0, 0.05) is 23.1 Å². The summed E-state index contributed by atoms with van der Waals surface area (Å²) in [6.07, 6.45) is 2.11.